The largest absolute Gasteiger partial charge is 0.508 e. The van der Waals surface area contributed by atoms with Crippen LogP contribution in [0.5, 0.6) is 5.75 Å². The Morgan fingerprint density at radius 3 is 2.47 bits per heavy atom. The van der Waals surface area contributed by atoms with Gasteiger partial charge in [-0.3, -0.25) is 19.4 Å². The summed E-state index contributed by atoms with van der Waals surface area (Å²) in [5.41, 5.74) is 4.00. The number of ketones is 1. The third-order valence-electron chi connectivity index (χ3n) is 9.53. The molecule has 2 aliphatic heterocycles. The lowest BCUT2D eigenvalue weighted by Crippen LogP contribution is -2.62. The highest BCUT2D eigenvalue weighted by molar-refractivity contribution is 5.93. The zero-order valence-electron chi connectivity index (χ0n) is 31.1. The summed E-state index contributed by atoms with van der Waals surface area (Å²) in [4.78, 5) is 78.6. The minimum absolute atomic E-state index is 0.0231. The van der Waals surface area contributed by atoms with Gasteiger partial charge in [-0.15, -0.1) is 0 Å². The number of hydrazine groups is 1. The Balaban J connectivity index is 2.08. The molecule has 1 aromatic rings. The number of aliphatic hydroxyl groups excluding tert-OH is 2. The number of carbonyl (C=O) groups is 6. The number of phenols is 1. The fraction of sp³-hybridized carbons (Fsp3) is 0.538. The summed E-state index contributed by atoms with van der Waals surface area (Å²) in [6.45, 7) is 8.20. The second-order valence-electron chi connectivity index (χ2n) is 14.2. The summed E-state index contributed by atoms with van der Waals surface area (Å²) in [5, 5.41) is 39.2. The van der Waals surface area contributed by atoms with Gasteiger partial charge in [-0.1, -0.05) is 57.2 Å². The Morgan fingerprint density at radius 1 is 1.08 bits per heavy atom. The van der Waals surface area contributed by atoms with Gasteiger partial charge in [0.05, 0.1) is 18.1 Å². The number of cyclic esters (lactones) is 1. The molecule has 3 amide bonds. The number of nitrogens with one attached hydrogen (secondary N) is 3. The molecule has 1 fully saturated rings. The number of amides is 3. The molecule has 3 rings (SSSR count). The molecule has 14 heteroatoms. The summed E-state index contributed by atoms with van der Waals surface area (Å²) in [6.07, 6.45) is 5.13. The number of aldehydes is 1. The Bertz CT molecular complexity index is 1570. The van der Waals surface area contributed by atoms with E-state index in [2.05, 4.69) is 16.1 Å². The Labute approximate surface area is 310 Å². The van der Waals surface area contributed by atoms with Gasteiger partial charge in [-0.2, -0.15) is 0 Å². The summed E-state index contributed by atoms with van der Waals surface area (Å²) in [6, 6.07) is 2.90. The van der Waals surface area contributed by atoms with Gasteiger partial charge in [0.15, 0.2) is 0 Å². The maximum Gasteiger partial charge on any atom is 0.330 e. The Hall–Kier alpha value is -4.66. The van der Waals surface area contributed by atoms with E-state index in [0.29, 0.717) is 30.3 Å². The molecule has 2 heterocycles. The van der Waals surface area contributed by atoms with Crippen LogP contribution in [-0.2, 0) is 39.9 Å². The van der Waals surface area contributed by atoms with Crippen LogP contribution in [0, 0.1) is 17.8 Å². The van der Waals surface area contributed by atoms with Crippen molar-refractivity contribution in [2.24, 2.45) is 17.8 Å². The van der Waals surface area contributed by atoms with E-state index in [0.717, 1.165) is 0 Å². The molecule has 1 saturated heterocycles. The number of hydrogen-bond donors (Lipinski definition) is 6. The minimum Gasteiger partial charge on any atom is -0.508 e. The first-order chi connectivity index (χ1) is 25.1. The van der Waals surface area contributed by atoms with Gasteiger partial charge in [-0.05, 0) is 62.3 Å². The molecule has 0 saturated carbocycles. The van der Waals surface area contributed by atoms with Crippen LogP contribution in [0.15, 0.2) is 59.9 Å². The third-order valence-corrected chi connectivity index (χ3v) is 9.53. The van der Waals surface area contributed by atoms with Crippen molar-refractivity contribution in [3.05, 3.63) is 65.5 Å². The van der Waals surface area contributed by atoms with Gasteiger partial charge in [0.1, 0.15) is 41.7 Å². The normalized spacial score (nSPS) is 27.9. The third kappa shape index (κ3) is 12.8. The van der Waals surface area contributed by atoms with E-state index in [1.54, 1.807) is 52.0 Å². The molecule has 0 aliphatic carbocycles. The topological polar surface area (TPSA) is 212 Å². The number of phenolic OH excluding ortho intramolecular Hbond substituents is 1. The molecule has 6 N–H and O–H groups in total. The standard InChI is InChI=1S/C39H54N4O10/c1-23(2)34-37(50)40-31(22-27-11-9-12-28(46)21-27)38(51)43-19-10-13-30(42-43)39(52)53-33(24(3)18-20-44)15-8-6-7-14-32(47)26(5)35(48)29(36(49)41-34)17-16-25(4)45/h6-9,11-12,14,20-21,23,26,29-32,34-35,42,46-48H,10,13,15-19,22H2,1-5H3,(H,40,50)(H,41,49)/b8-6?,14-7?,33-24-/t26-,29+,30?,31-,32-,34-,35+/m0/s1. The van der Waals surface area contributed by atoms with Crippen molar-refractivity contribution in [3.63, 3.8) is 0 Å². The van der Waals surface area contributed by atoms with Crippen LogP contribution < -0.4 is 16.1 Å². The molecule has 290 valence electrons. The van der Waals surface area contributed by atoms with E-state index in [1.165, 1.54) is 36.2 Å². The predicted molar refractivity (Wildman–Crippen MR) is 195 cm³/mol. The smallest absolute Gasteiger partial charge is 0.330 e. The average molecular weight is 739 g/mol. The van der Waals surface area contributed by atoms with E-state index in [4.69, 9.17) is 4.74 Å². The molecule has 0 radical (unpaired) electrons. The molecular formula is C39H54N4O10. The summed E-state index contributed by atoms with van der Waals surface area (Å²) in [5.74, 6) is -5.15. The molecule has 0 aromatic heterocycles. The van der Waals surface area contributed by atoms with Crippen molar-refractivity contribution in [2.45, 2.75) is 110 Å². The van der Waals surface area contributed by atoms with Crippen LogP contribution in [0.3, 0.4) is 0 Å². The quantitative estimate of drug-likeness (QED) is 0.168. The monoisotopic (exact) mass is 738 g/mol. The fourth-order valence-electron chi connectivity index (χ4n) is 6.20. The molecule has 1 unspecified atom stereocenters. The number of allylic oxidation sites excluding steroid dienone is 4. The van der Waals surface area contributed by atoms with Crippen LogP contribution in [0.25, 0.3) is 0 Å². The lowest BCUT2D eigenvalue weighted by molar-refractivity contribution is -0.150. The molecular weight excluding hydrogens is 684 g/mol. The van der Waals surface area contributed by atoms with Crippen LogP contribution in [0.4, 0.5) is 0 Å². The Morgan fingerprint density at radius 2 is 1.81 bits per heavy atom. The molecule has 0 spiro atoms. The lowest BCUT2D eigenvalue weighted by atomic mass is 9.84. The van der Waals surface area contributed by atoms with Crippen molar-refractivity contribution in [1.82, 2.24) is 21.1 Å². The number of benzene rings is 1. The highest BCUT2D eigenvalue weighted by atomic mass is 16.5. The first-order valence-electron chi connectivity index (χ1n) is 18.1. The van der Waals surface area contributed by atoms with Crippen LogP contribution >= 0.6 is 0 Å². The van der Waals surface area contributed by atoms with Gasteiger partial charge in [0, 0.05) is 38.1 Å². The number of ether oxygens (including phenoxy) is 1. The highest BCUT2D eigenvalue weighted by Gasteiger charge is 2.38. The van der Waals surface area contributed by atoms with E-state index in [1.807, 2.05) is 0 Å². The maximum atomic E-state index is 14.1. The number of carbonyl (C=O) groups excluding carboxylic acids is 6. The Kier molecular flexibility index (Phi) is 16.6. The number of Topliss-reactive ketones (excluding diaryl/α,β-unsaturated/α-hetero) is 1. The molecule has 1 aromatic carbocycles. The number of aliphatic hydroxyl groups is 2. The van der Waals surface area contributed by atoms with E-state index >= 15 is 0 Å². The summed E-state index contributed by atoms with van der Waals surface area (Å²) >= 11 is 0. The van der Waals surface area contributed by atoms with E-state index in [9.17, 15) is 44.1 Å². The summed E-state index contributed by atoms with van der Waals surface area (Å²) in [7, 11) is 0. The van der Waals surface area contributed by atoms with Crippen LogP contribution in [0.1, 0.15) is 78.7 Å². The number of aromatic hydroxyl groups is 1. The average Bonchev–Trinajstić information content (AvgIpc) is 3.11. The fourth-order valence-corrected chi connectivity index (χ4v) is 6.20. The first kappa shape index (κ1) is 42.8. The van der Waals surface area contributed by atoms with Crippen molar-refractivity contribution in [2.75, 3.05) is 6.54 Å². The SMILES string of the molecule is CC(=O)CC[C@H]1C(=O)N[C@@H](C(C)C)C(=O)N[C@@H](Cc2cccc(O)c2)C(=O)N2CCCC(N2)C(=O)O/C(=C(/C)CC=O)CC=CC=C[C@H](O)[C@H](C)[C@H]1O. The number of nitrogens with zero attached hydrogens (tertiary/aromatic N) is 1. The van der Waals surface area contributed by atoms with Gasteiger partial charge >= 0.3 is 5.97 Å². The van der Waals surface area contributed by atoms with Crippen molar-refractivity contribution < 1.29 is 48.8 Å². The lowest BCUT2D eigenvalue weighted by Gasteiger charge is -2.36. The maximum absolute atomic E-state index is 14.1. The van der Waals surface area contributed by atoms with Gasteiger partial charge in [0.25, 0.3) is 5.91 Å². The number of hydrogen-bond acceptors (Lipinski definition) is 11. The molecule has 2 aliphatic rings. The van der Waals surface area contributed by atoms with Gasteiger partial charge in [-0.25, -0.2) is 10.2 Å². The van der Waals surface area contributed by atoms with E-state index < -0.39 is 71.8 Å². The predicted octanol–water partition coefficient (Wildman–Crippen LogP) is 2.32. The van der Waals surface area contributed by atoms with Crippen molar-refractivity contribution in [3.8, 4) is 5.75 Å². The minimum atomic E-state index is -1.41. The zero-order valence-corrected chi connectivity index (χ0v) is 31.1. The van der Waals surface area contributed by atoms with Crippen LogP contribution in [0.2, 0.25) is 0 Å². The number of fused-ring (bicyclic) bond motifs is 2. The van der Waals surface area contributed by atoms with Gasteiger partial charge < -0.3 is 40.3 Å². The van der Waals surface area contributed by atoms with Gasteiger partial charge in [0.2, 0.25) is 11.8 Å². The number of esters is 1. The first-order valence-corrected chi connectivity index (χ1v) is 18.1. The number of rotatable bonds is 8. The second kappa shape index (κ2) is 20.5. The van der Waals surface area contributed by atoms with Crippen molar-refractivity contribution in [1.29, 1.82) is 0 Å². The second-order valence-corrected chi connectivity index (χ2v) is 14.2. The highest BCUT2D eigenvalue weighted by Crippen LogP contribution is 2.24. The summed E-state index contributed by atoms with van der Waals surface area (Å²) < 4.78 is 5.77. The molecule has 14 nitrogen and oxygen atoms in total. The molecule has 7 atom stereocenters. The van der Waals surface area contributed by atoms with Crippen molar-refractivity contribution >= 4 is 35.8 Å². The molecule has 2 bridgehead atoms. The zero-order chi connectivity index (χ0) is 39.2. The van der Waals surface area contributed by atoms with E-state index in [-0.39, 0.29) is 55.9 Å². The van der Waals surface area contributed by atoms with Crippen LogP contribution in [-0.4, -0.2) is 93.0 Å². The molecule has 53 heavy (non-hydrogen) atoms.